The molecule has 1 amide bonds. The zero-order chi connectivity index (χ0) is 16.0. The Balaban J connectivity index is 1.39. The van der Waals surface area contributed by atoms with Gasteiger partial charge in [-0.3, -0.25) is 4.79 Å². The Labute approximate surface area is 138 Å². The van der Waals surface area contributed by atoms with E-state index in [2.05, 4.69) is 17.4 Å². The molecule has 1 saturated carbocycles. The second-order valence-electron chi connectivity index (χ2n) is 6.76. The number of hydrogen-bond donors (Lipinski definition) is 1. The SMILES string of the molecule is O=C(NCCCO[C@H]1CCOC1)C1(Cc2ccccc2)CCC1. The standard InChI is InChI=1S/C19H27NO3/c21-18(20-11-5-12-23-17-8-13-22-15-17)19(9-4-10-19)14-16-6-2-1-3-7-16/h1-3,6-7,17H,4-5,8-15H2,(H,20,21)/t17-/m0/s1. The average Bonchev–Trinajstić information content (AvgIpc) is 3.05. The molecule has 126 valence electrons. The minimum Gasteiger partial charge on any atom is -0.379 e. The Morgan fingerprint density at radius 3 is 2.78 bits per heavy atom. The van der Waals surface area contributed by atoms with Gasteiger partial charge in [-0.1, -0.05) is 36.8 Å². The van der Waals surface area contributed by atoms with Crippen LogP contribution in [0.15, 0.2) is 30.3 Å². The van der Waals surface area contributed by atoms with Gasteiger partial charge in [0.1, 0.15) is 0 Å². The van der Waals surface area contributed by atoms with Crippen molar-refractivity contribution in [2.24, 2.45) is 5.41 Å². The lowest BCUT2D eigenvalue weighted by atomic mass is 9.64. The van der Waals surface area contributed by atoms with Crippen LogP contribution in [-0.4, -0.2) is 38.4 Å². The summed E-state index contributed by atoms with van der Waals surface area (Å²) in [5.41, 5.74) is 1.08. The predicted octanol–water partition coefficient (Wildman–Crippen LogP) is 2.71. The van der Waals surface area contributed by atoms with E-state index < -0.39 is 0 Å². The number of hydrogen-bond acceptors (Lipinski definition) is 3. The van der Waals surface area contributed by atoms with Gasteiger partial charge in [-0.25, -0.2) is 0 Å². The Hall–Kier alpha value is -1.39. The predicted molar refractivity (Wildman–Crippen MR) is 89.2 cm³/mol. The minimum absolute atomic E-state index is 0.179. The molecule has 4 nitrogen and oxygen atoms in total. The summed E-state index contributed by atoms with van der Waals surface area (Å²) in [5, 5.41) is 3.12. The Bertz CT molecular complexity index is 493. The quantitative estimate of drug-likeness (QED) is 0.750. The third kappa shape index (κ3) is 4.33. The van der Waals surface area contributed by atoms with E-state index in [1.807, 2.05) is 18.2 Å². The van der Waals surface area contributed by atoms with Gasteiger partial charge >= 0.3 is 0 Å². The molecule has 0 bridgehead atoms. The molecule has 1 atom stereocenters. The van der Waals surface area contributed by atoms with Crippen molar-refractivity contribution in [3.8, 4) is 0 Å². The first kappa shape index (κ1) is 16.5. The second-order valence-corrected chi connectivity index (χ2v) is 6.76. The smallest absolute Gasteiger partial charge is 0.226 e. The molecule has 1 N–H and O–H groups in total. The Kier molecular flexibility index (Phi) is 5.68. The number of carbonyl (C=O) groups is 1. The van der Waals surface area contributed by atoms with Crippen molar-refractivity contribution in [2.75, 3.05) is 26.4 Å². The number of ether oxygens (including phenoxy) is 2. The van der Waals surface area contributed by atoms with Gasteiger partial charge in [-0.2, -0.15) is 0 Å². The van der Waals surface area contributed by atoms with Gasteiger partial charge in [0.05, 0.1) is 18.1 Å². The number of rotatable bonds is 8. The summed E-state index contributed by atoms with van der Waals surface area (Å²) >= 11 is 0. The molecule has 0 aromatic heterocycles. The van der Waals surface area contributed by atoms with Crippen molar-refractivity contribution in [1.29, 1.82) is 0 Å². The molecule has 1 aliphatic carbocycles. The number of carbonyl (C=O) groups excluding carboxylic acids is 1. The molecule has 3 rings (SSSR count). The van der Waals surface area contributed by atoms with E-state index in [9.17, 15) is 4.79 Å². The first-order chi connectivity index (χ1) is 11.3. The van der Waals surface area contributed by atoms with E-state index in [-0.39, 0.29) is 17.4 Å². The van der Waals surface area contributed by atoms with E-state index in [1.165, 1.54) is 5.56 Å². The molecule has 1 aromatic carbocycles. The van der Waals surface area contributed by atoms with Crippen molar-refractivity contribution >= 4 is 5.91 Å². The van der Waals surface area contributed by atoms with Crippen LogP contribution in [0.5, 0.6) is 0 Å². The van der Waals surface area contributed by atoms with Crippen LogP contribution in [-0.2, 0) is 20.7 Å². The van der Waals surface area contributed by atoms with Crippen molar-refractivity contribution in [3.05, 3.63) is 35.9 Å². The van der Waals surface area contributed by atoms with Gasteiger partial charge in [0.25, 0.3) is 0 Å². The number of benzene rings is 1. The molecule has 23 heavy (non-hydrogen) atoms. The summed E-state index contributed by atoms with van der Waals surface area (Å²) in [6, 6.07) is 10.3. The fourth-order valence-corrected chi connectivity index (χ4v) is 3.43. The monoisotopic (exact) mass is 317 g/mol. The summed E-state index contributed by atoms with van der Waals surface area (Å²) < 4.78 is 11.0. The fourth-order valence-electron chi connectivity index (χ4n) is 3.43. The van der Waals surface area contributed by atoms with Crippen molar-refractivity contribution < 1.29 is 14.3 Å². The first-order valence-corrected chi connectivity index (χ1v) is 8.80. The highest BCUT2D eigenvalue weighted by Crippen LogP contribution is 2.43. The molecular weight excluding hydrogens is 290 g/mol. The Morgan fingerprint density at radius 2 is 2.13 bits per heavy atom. The molecule has 1 heterocycles. The van der Waals surface area contributed by atoms with E-state index >= 15 is 0 Å². The molecule has 0 unspecified atom stereocenters. The lowest BCUT2D eigenvalue weighted by Crippen LogP contribution is -2.47. The fraction of sp³-hybridized carbons (Fsp3) is 0.632. The van der Waals surface area contributed by atoms with Gasteiger partial charge in [0.15, 0.2) is 0 Å². The highest BCUT2D eigenvalue weighted by molar-refractivity contribution is 5.83. The molecule has 0 spiro atoms. The maximum Gasteiger partial charge on any atom is 0.226 e. The molecule has 2 aliphatic rings. The van der Waals surface area contributed by atoms with Crippen LogP contribution in [0.3, 0.4) is 0 Å². The van der Waals surface area contributed by atoms with E-state index in [4.69, 9.17) is 9.47 Å². The third-order valence-corrected chi connectivity index (χ3v) is 5.03. The second kappa shape index (κ2) is 7.93. The highest BCUT2D eigenvalue weighted by atomic mass is 16.5. The van der Waals surface area contributed by atoms with Crippen LogP contribution in [0, 0.1) is 5.41 Å². The van der Waals surface area contributed by atoms with Gasteiger partial charge in [0, 0.05) is 19.8 Å². The Morgan fingerprint density at radius 1 is 1.30 bits per heavy atom. The summed E-state index contributed by atoms with van der Waals surface area (Å²) in [6.07, 6.45) is 6.13. The van der Waals surface area contributed by atoms with Gasteiger partial charge < -0.3 is 14.8 Å². The molecule has 1 aromatic rings. The largest absolute Gasteiger partial charge is 0.379 e. The highest BCUT2D eigenvalue weighted by Gasteiger charge is 2.43. The zero-order valence-electron chi connectivity index (χ0n) is 13.8. The number of nitrogens with one attached hydrogen (secondary N) is 1. The first-order valence-electron chi connectivity index (χ1n) is 8.80. The third-order valence-electron chi connectivity index (χ3n) is 5.03. The lowest BCUT2D eigenvalue weighted by Gasteiger charge is -2.40. The summed E-state index contributed by atoms with van der Waals surface area (Å²) in [6.45, 7) is 2.92. The van der Waals surface area contributed by atoms with Gasteiger partial charge in [0.2, 0.25) is 5.91 Å². The lowest BCUT2D eigenvalue weighted by molar-refractivity contribution is -0.136. The topological polar surface area (TPSA) is 47.6 Å². The summed E-state index contributed by atoms with van der Waals surface area (Å²) in [5.74, 6) is 0.219. The van der Waals surface area contributed by atoms with Crippen molar-refractivity contribution in [3.63, 3.8) is 0 Å². The van der Waals surface area contributed by atoms with Gasteiger partial charge in [-0.15, -0.1) is 0 Å². The van der Waals surface area contributed by atoms with E-state index in [0.29, 0.717) is 19.8 Å². The summed E-state index contributed by atoms with van der Waals surface area (Å²) in [7, 11) is 0. The van der Waals surface area contributed by atoms with Crippen molar-refractivity contribution in [1.82, 2.24) is 5.32 Å². The number of amides is 1. The average molecular weight is 317 g/mol. The molecule has 0 radical (unpaired) electrons. The molecule has 1 aliphatic heterocycles. The van der Waals surface area contributed by atoms with Gasteiger partial charge in [-0.05, 0) is 37.7 Å². The van der Waals surface area contributed by atoms with Crippen LogP contribution >= 0.6 is 0 Å². The zero-order valence-corrected chi connectivity index (χ0v) is 13.8. The van der Waals surface area contributed by atoms with Crippen LogP contribution in [0.25, 0.3) is 0 Å². The molecule has 1 saturated heterocycles. The van der Waals surface area contributed by atoms with Crippen LogP contribution in [0.1, 0.15) is 37.7 Å². The van der Waals surface area contributed by atoms with Crippen molar-refractivity contribution in [2.45, 2.75) is 44.6 Å². The minimum atomic E-state index is -0.179. The molecular formula is C19H27NO3. The normalized spacial score (nSPS) is 22.5. The van der Waals surface area contributed by atoms with E-state index in [0.717, 1.165) is 45.1 Å². The molecule has 4 heteroatoms. The van der Waals surface area contributed by atoms with Crippen LogP contribution in [0.4, 0.5) is 0 Å². The maximum atomic E-state index is 12.6. The maximum absolute atomic E-state index is 12.6. The van der Waals surface area contributed by atoms with Crippen LogP contribution in [0.2, 0.25) is 0 Å². The van der Waals surface area contributed by atoms with E-state index in [1.54, 1.807) is 0 Å². The summed E-state index contributed by atoms with van der Waals surface area (Å²) in [4.78, 5) is 12.6. The molecule has 2 fully saturated rings. The van der Waals surface area contributed by atoms with Crippen LogP contribution < -0.4 is 5.32 Å².